The molecule has 0 saturated heterocycles. The third-order valence-corrected chi connectivity index (χ3v) is 5.13. The topological polar surface area (TPSA) is 51.0 Å². The fourth-order valence-electron chi connectivity index (χ4n) is 3.17. The van der Waals surface area contributed by atoms with Crippen molar-refractivity contribution in [3.63, 3.8) is 0 Å². The van der Waals surface area contributed by atoms with Crippen LogP contribution in [0.3, 0.4) is 0 Å². The Kier molecular flexibility index (Phi) is 3.14. The van der Waals surface area contributed by atoms with Gasteiger partial charge in [0, 0.05) is 12.4 Å². The van der Waals surface area contributed by atoms with E-state index in [1.807, 2.05) is 0 Å². The van der Waals surface area contributed by atoms with Crippen molar-refractivity contribution in [2.75, 3.05) is 18.6 Å². The first-order valence-corrected chi connectivity index (χ1v) is 8.18. The van der Waals surface area contributed by atoms with Crippen LogP contribution in [0, 0.1) is 11.6 Å². The van der Waals surface area contributed by atoms with Crippen LogP contribution in [0.15, 0.2) is 16.2 Å². The minimum absolute atomic E-state index is 0.0263. The summed E-state index contributed by atoms with van der Waals surface area (Å²) in [5, 5.41) is 1.77. The molecule has 2 aromatic heterocycles. The van der Waals surface area contributed by atoms with Gasteiger partial charge in [-0.1, -0.05) is 0 Å². The lowest BCUT2D eigenvalue weighted by Gasteiger charge is -2.27. The van der Waals surface area contributed by atoms with Crippen LogP contribution in [0.25, 0.3) is 15.7 Å². The van der Waals surface area contributed by atoms with Crippen LogP contribution in [0.2, 0.25) is 0 Å². The molecule has 8 heteroatoms. The normalized spacial score (nSPS) is 13.2. The molecule has 0 atom stereocenters. The first kappa shape index (κ1) is 15.1. The summed E-state index contributed by atoms with van der Waals surface area (Å²) >= 11 is 1.21. The maximum Gasteiger partial charge on any atom is 0.345 e. The second kappa shape index (κ2) is 5.01. The Bertz CT molecular complexity index is 1090. The van der Waals surface area contributed by atoms with Crippen LogP contribution in [0.1, 0.15) is 23.0 Å². The molecular weight excluding hydrogens is 338 g/mol. The average molecular weight is 350 g/mol. The number of halogens is 2. The minimum Gasteiger partial charge on any atom is -0.462 e. The number of anilines is 1. The fourth-order valence-corrected chi connectivity index (χ4v) is 4.21. The Hall–Kier alpha value is -2.48. The molecule has 0 amide bonds. The number of hydrogen-bond donors (Lipinski definition) is 0. The summed E-state index contributed by atoms with van der Waals surface area (Å²) in [6, 6.07) is 0.853. The van der Waals surface area contributed by atoms with Gasteiger partial charge >= 0.3 is 5.97 Å². The smallest absolute Gasteiger partial charge is 0.345 e. The number of thiazole rings is 1. The molecule has 5 nitrogen and oxygen atoms in total. The summed E-state index contributed by atoms with van der Waals surface area (Å²) < 4.78 is 35.0. The van der Waals surface area contributed by atoms with Crippen molar-refractivity contribution < 1.29 is 18.3 Å². The van der Waals surface area contributed by atoms with E-state index in [-0.39, 0.29) is 28.8 Å². The van der Waals surface area contributed by atoms with Crippen LogP contribution in [-0.2, 0) is 11.3 Å². The highest BCUT2D eigenvalue weighted by molar-refractivity contribution is 7.16. The number of aromatic nitrogens is 1. The molecule has 0 unspecified atom stereocenters. The summed E-state index contributed by atoms with van der Waals surface area (Å²) in [6.45, 7) is 2.10. The standard InChI is InChI=1S/C16H12F2N2O3S/c1-3-23-16(22)10-14(21)8-4-9(17)11(18)13-12(8)20-7(5-19(13)2)6-24-15(10)20/h4,6H,3,5H2,1-2H3. The van der Waals surface area contributed by atoms with E-state index in [0.29, 0.717) is 11.4 Å². The van der Waals surface area contributed by atoms with E-state index in [4.69, 9.17) is 4.74 Å². The summed E-state index contributed by atoms with van der Waals surface area (Å²) in [7, 11) is 1.63. The molecule has 0 aliphatic carbocycles. The molecular formula is C16H12F2N2O3S. The molecule has 0 radical (unpaired) electrons. The number of carbonyl (C=O) groups is 1. The lowest BCUT2D eigenvalue weighted by molar-refractivity contribution is 0.0527. The van der Waals surface area contributed by atoms with Gasteiger partial charge in [-0.2, -0.15) is 0 Å². The maximum absolute atomic E-state index is 14.3. The number of benzene rings is 1. The van der Waals surface area contributed by atoms with Crippen LogP contribution in [-0.4, -0.2) is 24.0 Å². The van der Waals surface area contributed by atoms with Gasteiger partial charge < -0.3 is 9.64 Å². The van der Waals surface area contributed by atoms with Crippen LogP contribution >= 0.6 is 11.3 Å². The zero-order valence-corrected chi connectivity index (χ0v) is 13.7. The monoisotopic (exact) mass is 350 g/mol. The molecule has 0 saturated carbocycles. The maximum atomic E-state index is 14.3. The van der Waals surface area contributed by atoms with Crippen molar-refractivity contribution in [1.82, 2.24) is 4.40 Å². The first-order chi connectivity index (χ1) is 11.5. The largest absolute Gasteiger partial charge is 0.462 e. The Balaban J connectivity index is 2.28. The van der Waals surface area contributed by atoms with Gasteiger partial charge in [0.25, 0.3) is 0 Å². The summed E-state index contributed by atoms with van der Waals surface area (Å²) in [6.07, 6.45) is 0. The number of pyridine rings is 1. The first-order valence-electron chi connectivity index (χ1n) is 7.30. The van der Waals surface area contributed by atoms with Crippen molar-refractivity contribution >= 4 is 38.7 Å². The summed E-state index contributed by atoms with van der Waals surface area (Å²) in [4.78, 5) is 27.0. The SMILES string of the molecule is CCOC(=O)c1c(=O)c2cc(F)c(F)c3c2n2c(csc12)CN3C. The van der Waals surface area contributed by atoms with Crippen molar-refractivity contribution in [1.29, 1.82) is 0 Å². The Labute approximate surface area is 138 Å². The van der Waals surface area contributed by atoms with Gasteiger partial charge in [0.05, 0.1) is 29.7 Å². The van der Waals surface area contributed by atoms with E-state index < -0.39 is 23.0 Å². The Morgan fingerprint density at radius 3 is 2.88 bits per heavy atom. The minimum atomic E-state index is -1.12. The number of carbonyl (C=O) groups excluding carboxylic acids is 1. The highest BCUT2D eigenvalue weighted by Gasteiger charge is 2.30. The Morgan fingerprint density at radius 2 is 2.17 bits per heavy atom. The summed E-state index contributed by atoms with van der Waals surface area (Å²) in [5.41, 5.74) is 0.325. The molecule has 0 N–H and O–H groups in total. The molecule has 3 aromatic rings. The van der Waals surface area contributed by atoms with Crippen LogP contribution in [0.4, 0.5) is 14.5 Å². The van der Waals surface area contributed by atoms with Gasteiger partial charge in [-0.25, -0.2) is 13.6 Å². The molecule has 24 heavy (non-hydrogen) atoms. The molecule has 0 spiro atoms. The van der Waals surface area contributed by atoms with E-state index in [9.17, 15) is 18.4 Å². The van der Waals surface area contributed by atoms with Crippen molar-refractivity contribution in [3.8, 4) is 0 Å². The second-order valence-electron chi connectivity index (χ2n) is 5.57. The predicted molar refractivity (Wildman–Crippen MR) is 87.0 cm³/mol. The molecule has 1 aliphatic rings. The van der Waals surface area contributed by atoms with Gasteiger partial charge in [-0.15, -0.1) is 11.3 Å². The van der Waals surface area contributed by atoms with Gasteiger partial charge in [0.15, 0.2) is 11.6 Å². The van der Waals surface area contributed by atoms with Gasteiger partial charge in [0.1, 0.15) is 16.1 Å². The lowest BCUT2D eigenvalue weighted by Crippen LogP contribution is -2.28. The lowest BCUT2D eigenvalue weighted by atomic mass is 10.1. The number of esters is 1. The predicted octanol–water partition coefficient (Wildman–Crippen LogP) is 2.92. The molecule has 3 heterocycles. The number of nitrogens with zero attached hydrogens (tertiary/aromatic N) is 2. The molecule has 1 aromatic carbocycles. The molecule has 0 bridgehead atoms. The fraction of sp³-hybridized carbons (Fsp3) is 0.250. The van der Waals surface area contributed by atoms with E-state index in [0.717, 1.165) is 11.8 Å². The zero-order chi connectivity index (χ0) is 17.2. The average Bonchev–Trinajstić information content (AvgIpc) is 2.93. The van der Waals surface area contributed by atoms with Crippen LogP contribution in [0.5, 0.6) is 0 Å². The molecule has 4 rings (SSSR count). The van der Waals surface area contributed by atoms with Crippen LogP contribution < -0.4 is 10.3 Å². The van der Waals surface area contributed by atoms with E-state index in [1.54, 1.807) is 28.7 Å². The second-order valence-corrected chi connectivity index (χ2v) is 6.42. The van der Waals surface area contributed by atoms with Gasteiger partial charge in [-0.05, 0) is 13.0 Å². The molecule has 124 valence electrons. The number of rotatable bonds is 2. The third-order valence-electron chi connectivity index (χ3n) is 4.13. The number of ether oxygens (including phenoxy) is 1. The van der Waals surface area contributed by atoms with E-state index in [1.165, 1.54) is 11.3 Å². The van der Waals surface area contributed by atoms with E-state index in [2.05, 4.69) is 0 Å². The highest BCUT2D eigenvalue weighted by atomic mass is 32.1. The van der Waals surface area contributed by atoms with Crippen molar-refractivity contribution in [3.05, 3.63) is 44.6 Å². The van der Waals surface area contributed by atoms with Gasteiger partial charge in [0.2, 0.25) is 5.43 Å². The highest BCUT2D eigenvalue weighted by Crippen LogP contribution is 2.38. The third kappa shape index (κ3) is 1.77. The van der Waals surface area contributed by atoms with Gasteiger partial charge in [-0.3, -0.25) is 9.20 Å². The van der Waals surface area contributed by atoms with Crippen molar-refractivity contribution in [2.45, 2.75) is 13.5 Å². The number of hydrogen-bond acceptors (Lipinski definition) is 5. The molecule has 1 aliphatic heterocycles. The quantitative estimate of drug-likeness (QED) is 0.667. The summed E-state index contributed by atoms with van der Waals surface area (Å²) in [5.74, 6) is -2.87. The Morgan fingerprint density at radius 1 is 1.42 bits per heavy atom. The van der Waals surface area contributed by atoms with Crippen molar-refractivity contribution in [2.24, 2.45) is 0 Å². The molecule has 0 fully saturated rings. The zero-order valence-electron chi connectivity index (χ0n) is 12.9. The van der Waals surface area contributed by atoms with E-state index >= 15 is 0 Å².